The van der Waals surface area contributed by atoms with Gasteiger partial charge < -0.3 is 14.8 Å². The highest BCUT2D eigenvalue weighted by atomic mass is 35.5. The lowest BCUT2D eigenvalue weighted by Crippen LogP contribution is -2.23. The van der Waals surface area contributed by atoms with Crippen LogP contribution in [0.15, 0.2) is 35.7 Å². The minimum atomic E-state index is -0.262. The number of benzene rings is 1. The third-order valence-electron chi connectivity index (χ3n) is 3.11. The second-order valence-electron chi connectivity index (χ2n) is 4.46. The third kappa shape index (κ3) is 3.71. The maximum atomic E-state index is 12.2. The number of nitrogens with one attached hydrogen (secondary N) is 1. The van der Waals surface area contributed by atoms with Crippen LogP contribution in [0.5, 0.6) is 5.75 Å². The Morgan fingerprint density at radius 2 is 1.76 bits per heavy atom. The smallest absolute Gasteiger partial charge is 0.255 e. The van der Waals surface area contributed by atoms with Gasteiger partial charge in [-0.2, -0.15) is 0 Å². The van der Waals surface area contributed by atoms with Gasteiger partial charge in [-0.25, -0.2) is 0 Å². The van der Waals surface area contributed by atoms with Gasteiger partial charge in [0.1, 0.15) is 0 Å². The molecule has 0 spiro atoms. The Morgan fingerprint density at radius 1 is 1.10 bits per heavy atom. The summed E-state index contributed by atoms with van der Waals surface area (Å²) in [5.74, 6) is 0.991. The topological polar surface area (TPSA) is 47.6 Å². The molecule has 6 heteroatoms. The average molecular weight is 328 g/mol. The molecule has 0 atom stereocenters. The molecular weight excluding hydrogens is 313 g/mol. The van der Waals surface area contributed by atoms with Crippen molar-refractivity contribution in [1.82, 2.24) is 5.32 Å². The molecule has 0 heterocycles. The fourth-order valence-corrected chi connectivity index (χ4v) is 2.64. The molecule has 0 aromatic heterocycles. The number of hydrogen-bond donors (Lipinski definition) is 1. The van der Waals surface area contributed by atoms with Crippen LogP contribution < -0.4 is 10.1 Å². The molecule has 1 aromatic rings. The Labute approximate surface area is 133 Å². The Hall–Kier alpha value is -1.65. The highest BCUT2D eigenvalue weighted by Gasteiger charge is 2.15. The van der Waals surface area contributed by atoms with E-state index >= 15 is 0 Å². The van der Waals surface area contributed by atoms with E-state index in [9.17, 15) is 4.79 Å². The summed E-state index contributed by atoms with van der Waals surface area (Å²) >= 11 is 12.1. The average Bonchev–Trinajstić information content (AvgIpc) is 2.47. The summed E-state index contributed by atoms with van der Waals surface area (Å²) in [7, 11) is 3.10. The first kappa shape index (κ1) is 15.7. The van der Waals surface area contributed by atoms with E-state index in [2.05, 4.69) is 5.32 Å². The van der Waals surface area contributed by atoms with Gasteiger partial charge in [0.15, 0.2) is 5.75 Å². The zero-order valence-corrected chi connectivity index (χ0v) is 13.2. The van der Waals surface area contributed by atoms with Crippen molar-refractivity contribution in [2.45, 2.75) is 12.8 Å². The van der Waals surface area contributed by atoms with Crippen LogP contribution in [-0.2, 0) is 4.74 Å². The summed E-state index contributed by atoms with van der Waals surface area (Å²) in [6.45, 7) is 0. The molecule has 1 amide bonds. The molecule has 112 valence electrons. The van der Waals surface area contributed by atoms with E-state index in [4.69, 9.17) is 32.7 Å². The summed E-state index contributed by atoms with van der Waals surface area (Å²) < 4.78 is 10.2. The number of rotatable bonds is 4. The van der Waals surface area contributed by atoms with Gasteiger partial charge in [-0.05, 0) is 30.7 Å². The Balaban J connectivity index is 2.15. The molecule has 21 heavy (non-hydrogen) atoms. The van der Waals surface area contributed by atoms with Crippen LogP contribution in [-0.4, -0.2) is 20.1 Å². The van der Waals surface area contributed by atoms with Crippen molar-refractivity contribution < 1.29 is 14.3 Å². The van der Waals surface area contributed by atoms with Gasteiger partial charge in [-0.15, -0.1) is 0 Å². The van der Waals surface area contributed by atoms with Gasteiger partial charge in [0, 0.05) is 17.7 Å². The number of amides is 1. The second-order valence-corrected chi connectivity index (χ2v) is 5.27. The van der Waals surface area contributed by atoms with Crippen LogP contribution >= 0.6 is 23.2 Å². The molecule has 4 nitrogen and oxygen atoms in total. The number of hydrogen-bond acceptors (Lipinski definition) is 3. The predicted octanol–water partition coefficient (Wildman–Crippen LogP) is 3.94. The molecule has 1 aliphatic rings. The zero-order chi connectivity index (χ0) is 15.4. The number of methoxy groups -OCH3 is 2. The molecule has 0 bridgehead atoms. The first-order valence-electron chi connectivity index (χ1n) is 6.33. The lowest BCUT2D eigenvalue weighted by Gasteiger charge is -2.15. The molecule has 1 N–H and O–H groups in total. The van der Waals surface area contributed by atoms with Gasteiger partial charge in [0.25, 0.3) is 5.91 Å². The van der Waals surface area contributed by atoms with E-state index in [1.54, 1.807) is 7.11 Å². The summed E-state index contributed by atoms with van der Waals surface area (Å²) in [5, 5.41) is 3.44. The molecular formula is C15H15Cl2NO3. The zero-order valence-electron chi connectivity index (χ0n) is 11.7. The molecule has 1 aromatic carbocycles. The molecule has 0 saturated carbocycles. The van der Waals surface area contributed by atoms with E-state index in [-0.39, 0.29) is 5.91 Å². The number of allylic oxidation sites excluding steroid dienone is 4. The monoisotopic (exact) mass is 327 g/mol. The molecule has 0 fully saturated rings. The van der Waals surface area contributed by atoms with Crippen LogP contribution in [0.25, 0.3) is 0 Å². The van der Waals surface area contributed by atoms with Crippen LogP contribution in [0.2, 0.25) is 10.0 Å². The van der Waals surface area contributed by atoms with E-state index in [0.29, 0.717) is 27.8 Å². The molecule has 1 aliphatic carbocycles. The van der Waals surface area contributed by atoms with Crippen LogP contribution in [0.1, 0.15) is 23.2 Å². The van der Waals surface area contributed by atoms with Gasteiger partial charge in [0.2, 0.25) is 0 Å². The SMILES string of the molecule is COC1=CC=C(NC(=O)c2cc(Cl)c(OC)c(Cl)c2)CC1. The highest BCUT2D eigenvalue weighted by molar-refractivity contribution is 6.37. The molecule has 2 rings (SSSR count). The van der Waals surface area contributed by atoms with E-state index in [1.165, 1.54) is 19.2 Å². The first-order chi connectivity index (χ1) is 10.0. The van der Waals surface area contributed by atoms with E-state index in [0.717, 1.165) is 17.9 Å². The highest BCUT2D eigenvalue weighted by Crippen LogP contribution is 2.33. The maximum Gasteiger partial charge on any atom is 0.255 e. The van der Waals surface area contributed by atoms with Crippen molar-refractivity contribution in [3.05, 3.63) is 51.3 Å². The number of halogens is 2. The largest absolute Gasteiger partial charge is 0.501 e. The van der Waals surface area contributed by atoms with Crippen molar-refractivity contribution in [2.24, 2.45) is 0 Å². The summed E-state index contributed by atoms with van der Waals surface area (Å²) in [6, 6.07) is 3.06. The third-order valence-corrected chi connectivity index (χ3v) is 3.67. The number of ether oxygens (including phenoxy) is 2. The van der Waals surface area contributed by atoms with Crippen LogP contribution in [0.3, 0.4) is 0 Å². The van der Waals surface area contributed by atoms with E-state index in [1.807, 2.05) is 12.2 Å². The van der Waals surface area contributed by atoms with Crippen molar-refractivity contribution in [2.75, 3.05) is 14.2 Å². The van der Waals surface area contributed by atoms with Crippen molar-refractivity contribution >= 4 is 29.1 Å². The fraction of sp³-hybridized carbons (Fsp3) is 0.267. The molecule has 0 unspecified atom stereocenters. The molecule has 0 aliphatic heterocycles. The van der Waals surface area contributed by atoms with Crippen LogP contribution in [0.4, 0.5) is 0 Å². The quantitative estimate of drug-likeness (QED) is 0.911. The summed E-state index contributed by atoms with van der Waals surface area (Å²) in [5.41, 5.74) is 1.21. The molecule has 0 saturated heterocycles. The van der Waals surface area contributed by atoms with Gasteiger partial charge in [0.05, 0.1) is 30.0 Å². The Morgan fingerprint density at radius 3 is 2.24 bits per heavy atom. The number of carbonyl (C=O) groups is 1. The van der Waals surface area contributed by atoms with Gasteiger partial charge in [-0.1, -0.05) is 23.2 Å². The van der Waals surface area contributed by atoms with Crippen LogP contribution in [0, 0.1) is 0 Å². The van der Waals surface area contributed by atoms with Crippen molar-refractivity contribution in [1.29, 1.82) is 0 Å². The Bertz CT molecular complexity index is 600. The molecule has 0 radical (unpaired) electrons. The minimum Gasteiger partial charge on any atom is -0.501 e. The fourth-order valence-electron chi connectivity index (χ4n) is 2.00. The normalized spacial score (nSPS) is 14.1. The predicted molar refractivity (Wildman–Crippen MR) is 82.9 cm³/mol. The first-order valence-corrected chi connectivity index (χ1v) is 7.09. The Kier molecular flexibility index (Phi) is 5.15. The van der Waals surface area contributed by atoms with Gasteiger partial charge in [-0.3, -0.25) is 4.79 Å². The standard InChI is InChI=1S/C15H15Cl2NO3/c1-20-11-5-3-10(4-6-11)18-15(19)9-7-12(16)14(21-2)13(17)8-9/h3,5,7-8H,4,6H2,1-2H3,(H,18,19). The number of carbonyl (C=O) groups excluding carboxylic acids is 1. The minimum absolute atomic E-state index is 0.262. The maximum absolute atomic E-state index is 12.2. The lowest BCUT2D eigenvalue weighted by atomic mass is 10.1. The van der Waals surface area contributed by atoms with E-state index < -0.39 is 0 Å². The summed E-state index contributed by atoms with van der Waals surface area (Å²) in [6.07, 6.45) is 5.13. The van der Waals surface area contributed by atoms with Crippen molar-refractivity contribution in [3.63, 3.8) is 0 Å². The summed E-state index contributed by atoms with van der Waals surface area (Å²) in [4.78, 5) is 12.2. The lowest BCUT2D eigenvalue weighted by molar-refractivity contribution is 0.0964. The second kappa shape index (κ2) is 6.87. The van der Waals surface area contributed by atoms with Crippen molar-refractivity contribution in [3.8, 4) is 5.75 Å². The van der Waals surface area contributed by atoms with Gasteiger partial charge >= 0.3 is 0 Å².